The van der Waals surface area contributed by atoms with E-state index in [-0.39, 0.29) is 0 Å². The minimum absolute atomic E-state index is 0.372. The quantitative estimate of drug-likeness (QED) is 0.896. The normalized spacial score (nSPS) is 21.1. The Hall–Kier alpha value is -2.05. The molecule has 6 heteroatoms. The summed E-state index contributed by atoms with van der Waals surface area (Å²) in [6, 6.07) is 7.47. The van der Waals surface area contributed by atoms with Crippen molar-refractivity contribution in [3.8, 4) is 0 Å². The molecule has 5 nitrogen and oxygen atoms in total. The zero-order valence-corrected chi connectivity index (χ0v) is 16.1. The Balaban J connectivity index is 1.95. The second-order valence-corrected chi connectivity index (χ2v) is 9.54. The smallest absolute Gasteiger partial charge is 0.176 e. The van der Waals surface area contributed by atoms with Gasteiger partial charge in [-0.25, -0.2) is 8.42 Å². The van der Waals surface area contributed by atoms with Gasteiger partial charge in [-0.05, 0) is 55.5 Å². The van der Waals surface area contributed by atoms with Gasteiger partial charge in [0.25, 0.3) is 0 Å². The highest BCUT2D eigenvalue weighted by Gasteiger charge is 2.27. The molecular weight excluding hydrogens is 348 g/mol. The number of nitrogens with zero attached hydrogens (tertiary/aromatic N) is 2. The van der Waals surface area contributed by atoms with Crippen LogP contribution < -0.4 is 0 Å². The van der Waals surface area contributed by atoms with E-state index in [2.05, 4.69) is 4.57 Å². The van der Waals surface area contributed by atoms with Crippen molar-refractivity contribution in [3.05, 3.63) is 47.8 Å². The van der Waals surface area contributed by atoms with E-state index in [1.807, 2.05) is 44.4 Å². The van der Waals surface area contributed by atoms with Crippen LogP contribution in [0.25, 0.3) is 16.5 Å². The number of hydrogen-bond donors (Lipinski definition) is 1. The van der Waals surface area contributed by atoms with Crippen LogP contribution in [0.15, 0.2) is 47.0 Å². The fraction of sp³-hybridized carbons (Fsp3) is 0.400. The van der Waals surface area contributed by atoms with Gasteiger partial charge in [0.1, 0.15) is 6.23 Å². The first-order chi connectivity index (χ1) is 12.3. The first kappa shape index (κ1) is 17.4. The predicted octanol–water partition coefficient (Wildman–Crippen LogP) is 3.01. The van der Waals surface area contributed by atoms with Crippen LogP contribution in [0.4, 0.5) is 0 Å². The Labute approximate surface area is 154 Å². The lowest BCUT2D eigenvalue weighted by Crippen LogP contribution is -2.30. The van der Waals surface area contributed by atoms with E-state index in [1.54, 1.807) is 11.0 Å². The van der Waals surface area contributed by atoms with E-state index >= 15 is 0 Å². The van der Waals surface area contributed by atoms with E-state index in [0.29, 0.717) is 10.8 Å². The largest absolute Gasteiger partial charge is 0.370 e. The summed E-state index contributed by atoms with van der Waals surface area (Å²) >= 11 is 0. The van der Waals surface area contributed by atoms with Gasteiger partial charge in [0.05, 0.1) is 10.6 Å². The maximum Gasteiger partial charge on any atom is 0.176 e. The first-order valence-electron chi connectivity index (χ1n) is 8.88. The van der Waals surface area contributed by atoms with Crippen LogP contribution in [0.1, 0.15) is 25.5 Å². The number of aliphatic hydroxyl groups is 1. The number of benzene rings is 1. The summed E-state index contributed by atoms with van der Waals surface area (Å²) in [6.07, 6.45) is 6.99. The number of sulfone groups is 1. The molecule has 1 saturated carbocycles. The highest BCUT2D eigenvalue weighted by Crippen LogP contribution is 2.37. The summed E-state index contributed by atoms with van der Waals surface area (Å²) in [7, 11) is -1.46. The number of rotatable bonds is 4. The molecule has 1 atom stereocenters. The Morgan fingerprint density at radius 3 is 2.62 bits per heavy atom. The number of aliphatic hydroxyl groups excluding tert-OH is 1. The molecule has 1 unspecified atom stereocenters. The molecule has 138 valence electrons. The molecule has 1 N–H and O–H groups in total. The van der Waals surface area contributed by atoms with E-state index in [1.165, 1.54) is 19.1 Å². The lowest BCUT2D eigenvalue weighted by atomic mass is 10.0. The molecule has 1 aromatic carbocycles. The molecule has 0 radical (unpaired) electrons. The summed E-state index contributed by atoms with van der Waals surface area (Å²) in [6.45, 7) is 2.80. The number of allylic oxidation sites excluding steroid dienone is 2. The van der Waals surface area contributed by atoms with Crippen LogP contribution in [0.3, 0.4) is 0 Å². The average molecular weight is 372 g/mol. The number of likely N-dealkylation sites (N-methyl/N-ethyl adjacent to an activating group) is 1. The van der Waals surface area contributed by atoms with Gasteiger partial charge >= 0.3 is 0 Å². The fourth-order valence-corrected chi connectivity index (χ4v) is 4.57. The minimum Gasteiger partial charge on any atom is -0.370 e. The topological polar surface area (TPSA) is 62.5 Å². The first-order valence-corrected chi connectivity index (χ1v) is 10.8. The number of hydrogen-bond acceptors (Lipinski definition) is 4. The van der Waals surface area contributed by atoms with Crippen LogP contribution >= 0.6 is 0 Å². The van der Waals surface area contributed by atoms with Crippen molar-refractivity contribution >= 4 is 26.3 Å². The molecule has 2 aromatic rings. The third-order valence-corrected chi connectivity index (χ3v) is 6.41. The maximum absolute atomic E-state index is 12.2. The highest BCUT2D eigenvalue weighted by atomic mass is 32.2. The zero-order chi connectivity index (χ0) is 18.6. The molecule has 0 saturated heterocycles. The monoisotopic (exact) mass is 372 g/mol. The SMILES string of the molecule is CC1=CC(c2cc3c(S(C)(=O)=O)cccc3n2CC2CC2)=CN(C)C1O. The predicted molar refractivity (Wildman–Crippen MR) is 103 cm³/mol. The second-order valence-electron chi connectivity index (χ2n) is 7.56. The second kappa shape index (κ2) is 5.99. The summed E-state index contributed by atoms with van der Waals surface area (Å²) in [5, 5.41) is 10.9. The molecule has 0 amide bonds. The van der Waals surface area contributed by atoms with Gasteiger partial charge in [-0.2, -0.15) is 0 Å². The Morgan fingerprint density at radius 1 is 1.27 bits per heavy atom. The van der Waals surface area contributed by atoms with Gasteiger partial charge in [-0.1, -0.05) is 6.07 Å². The summed E-state index contributed by atoms with van der Waals surface area (Å²) in [5.41, 5.74) is 3.82. The molecule has 26 heavy (non-hydrogen) atoms. The average Bonchev–Trinajstić information content (AvgIpc) is 3.31. The van der Waals surface area contributed by atoms with Crippen molar-refractivity contribution in [2.75, 3.05) is 13.3 Å². The Bertz CT molecular complexity index is 1040. The molecular formula is C20H24N2O3S. The van der Waals surface area contributed by atoms with Gasteiger partial charge in [-0.15, -0.1) is 0 Å². The van der Waals surface area contributed by atoms with Crippen LogP contribution in [0.2, 0.25) is 0 Å². The maximum atomic E-state index is 12.2. The molecule has 0 spiro atoms. The Morgan fingerprint density at radius 2 is 2.00 bits per heavy atom. The summed E-state index contributed by atoms with van der Waals surface area (Å²) < 4.78 is 26.7. The molecule has 2 heterocycles. The van der Waals surface area contributed by atoms with E-state index < -0.39 is 16.1 Å². The minimum atomic E-state index is -3.31. The number of fused-ring (bicyclic) bond motifs is 1. The van der Waals surface area contributed by atoms with Crippen LogP contribution in [0, 0.1) is 5.92 Å². The van der Waals surface area contributed by atoms with Gasteiger partial charge in [0.2, 0.25) is 0 Å². The molecule has 0 bridgehead atoms. The van der Waals surface area contributed by atoms with E-state index in [4.69, 9.17) is 0 Å². The lowest BCUT2D eigenvalue weighted by molar-refractivity contribution is 0.0868. The van der Waals surface area contributed by atoms with E-state index in [9.17, 15) is 13.5 Å². The van der Waals surface area contributed by atoms with Gasteiger partial charge in [-0.3, -0.25) is 0 Å². The molecule has 2 aliphatic rings. The van der Waals surface area contributed by atoms with Crippen molar-refractivity contribution in [2.24, 2.45) is 5.92 Å². The van der Waals surface area contributed by atoms with Crippen molar-refractivity contribution in [1.82, 2.24) is 9.47 Å². The Kier molecular flexibility index (Phi) is 4.00. The molecule has 1 fully saturated rings. The van der Waals surface area contributed by atoms with Crippen LogP contribution in [-0.4, -0.2) is 42.5 Å². The van der Waals surface area contributed by atoms with Crippen molar-refractivity contribution < 1.29 is 13.5 Å². The van der Waals surface area contributed by atoms with Gasteiger partial charge in [0, 0.05) is 42.5 Å². The third kappa shape index (κ3) is 2.97. The molecule has 1 aliphatic heterocycles. The van der Waals surface area contributed by atoms with Crippen LogP contribution in [-0.2, 0) is 16.4 Å². The van der Waals surface area contributed by atoms with Crippen molar-refractivity contribution in [2.45, 2.75) is 37.4 Å². The van der Waals surface area contributed by atoms with Crippen molar-refractivity contribution in [1.29, 1.82) is 0 Å². The highest BCUT2D eigenvalue weighted by molar-refractivity contribution is 7.91. The van der Waals surface area contributed by atoms with Gasteiger partial charge in [0.15, 0.2) is 9.84 Å². The third-order valence-electron chi connectivity index (χ3n) is 5.26. The number of aromatic nitrogens is 1. The van der Waals surface area contributed by atoms with E-state index in [0.717, 1.165) is 34.3 Å². The molecule has 4 rings (SSSR count). The summed E-state index contributed by atoms with van der Waals surface area (Å²) in [4.78, 5) is 2.15. The molecule has 1 aliphatic carbocycles. The van der Waals surface area contributed by atoms with Crippen LogP contribution in [0.5, 0.6) is 0 Å². The van der Waals surface area contributed by atoms with Crippen molar-refractivity contribution in [3.63, 3.8) is 0 Å². The lowest BCUT2D eigenvalue weighted by Gasteiger charge is -2.28. The van der Waals surface area contributed by atoms with Gasteiger partial charge < -0.3 is 14.6 Å². The fourth-order valence-electron chi connectivity index (χ4n) is 3.68. The zero-order valence-electron chi connectivity index (χ0n) is 15.3. The summed E-state index contributed by atoms with van der Waals surface area (Å²) in [5.74, 6) is 0.656. The molecule has 1 aromatic heterocycles. The standard InChI is InChI=1S/C20H24N2O3S/c1-13-9-15(12-21(2)20(13)23)18-10-16-17(22(18)11-14-7-8-14)5-4-6-19(16)26(3,24)25/h4-6,9-10,12,14,20,23H,7-8,11H2,1-3H3.